The van der Waals surface area contributed by atoms with Crippen LogP contribution in [0.1, 0.15) is 31.1 Å². The van der Waals surface area contributed by atoms with Crippen molar-refractivity contribution in [3.05, 3.63) is 29.6 Å². The average molecular weight is 266 g/mol. The lowest BCUT2D eigenvalue weighted by atomic mass is 10.2. The highest BCUT2D eigenvalue weighted by Gasteiger charge is 2.12. The Balaban J connectivity index is 2.87. The zero-order chi connectivity index (χ0) is 14.4. The zero-order valence-corrected chi connectivity index (χ0v) is 11.4. The smallest absolute Gasteiger partial charge is 0.239 e. The van der Waals surface area contributed by atoms with Crippen molar-refractivity contribution in [2.45, 2.75) is 26.8 Å². The number of hydrogen-bond donors (Lipinski definition) is 1. The van der Waals surface area contributed by atoms with Crippen molar-refractivity contribution in [2.24, 2.45) is 0 Å². The fraction of sp³-hybridized carbons (Fsp3) is 0.429. The Morgan fingerprint density at radius 1 is 1.42 bits per heavy atom. The summed E-state index contributed by atoms with van der Waals surface area (Å²) in [7, 11) is 0. The van der Waals surface area contributed by atoms with Crippen LogP contribution in [0, 0.1) is 5.82 Å². The standard InChI is InChI=1S/C14H19FN2O2/c1-4-17(8-14(19)16-10(2)3)13-6-11(9-18)5-12(15)7-13/h5-7,9-10H,4,8H2,1-3H3,(H,16,19). The van der Waals surface area contributed by atoms with Gasteiger partial charge in [-0.3, -0.25) is 9.59 Å². The molecule has 0 bridgehead atoms. The molecule has 1 aromatic rings. The van der Waals surface area contributed by atoms with Gasteiger partial charge in [0, 0.05) is 23.8 Å². The van der Waals surface area contributed by atoms with Crippen LogP contribution in [0.3, 0.4) is 0 Å². The van der Waals surface area contributed by atoms with Gasteiger partial charge in [-0.25, -0.2) is 4.39 Å². The lowest BCUT2D eigenvalue weighted by molar-refractivity contribution is -0.120. The fourth-order valence-electron chi connectivity index (χ4n) is 1.77. The van der Waals surface area contributed by atoms with Crippen LogP contribution in [0.4, 0.5) is 10.1 Å². The Labute approximate surface area is 112 Å². The number of anilines is 1. The van der Waals surface area contributed by atoms with Gasteiger partial charge in [-0.1, -0.05) is 0 Å². The van der Waals surface area contributed by atoms with E-state index in [4.69, 9.17) is 0 Å². The molecule has 104 valence electrons. The van der Waals surface area contributed by atoms with Crippen molar-refractivity contribution in [3.8, 4) is 0 Å². The van der Waals surface area contributed by atoms with E-state index in [0.717, 1.165) is 0 Å². The van der Waals surface area contributed by atoms with Crippen LogP contribution >= 0.6 is 0 Å². The molecule has 0 spiro atoms. The van der Waals surface area contributed by atoms with Crippen molar-refractivity contribution >= 4 is 17.9 Å². The van der Waals surface area contributed by atoms with Gasteiger partial charge in [0.2, 0.25) is 5.91 Å². The van der Waals surface area contributed by atoms with Crippen molar-refractivity contribution < 1.29 is 14.0 Å². The molecule has 1 rings (SSSR count). The number of carbonyl (C=O) groups is 2. The van der Waals surface area contributed by atoms with Crippen LogP contribution in [-0.4, -0.2) is 31.3 Å². The quantitative estimate of drug-likeness (QED) is 0.801. The summed E-state index contributed by atoms with van der Waals surface area (Å²) in [6.45, 7) is 6.31. The molecular formula is C14H19FN2O2. The van der Waals surface area contributed by atoms with E-state index in [0.29, 0.717) is 18.5 Å². The number of nitrogens with one attached hydrogen (secondary N) is 1. The number of hydrogen-bond acceptors (Lipinski definition) is 3. The molecule has 0 heterocycles. The highest BCUT2D eigenvalue weighted by Crippen LogP contribution is 2.17. The highest BCUT2D eigenvalue weighted by molar-refractivity contribution is 5.82. The number of aldehydes is 1. The first-order valence-electron chi connectivity index (χ1n) is 6.26. The Bertz CT molecular complexity index is 461. The molecule has 0 radical (unpaired) electrons. The molecule has 19 heavy (non-hydrogen) atoms. The Morgan fingerprint density at radius 3 is 2.63 bits per heavy atom. The fourth-order valence-corrected chi connectivity index (χ4v) is 1.77. The molecular weight excluding hydrogens is 247 g/mol. The molecule has 0 aliphatic heterocycles. The van der Waals surface area contributed by atoms with E-state index in [1.54, 1.807) is 11.0 Å². The summed E-state index contributed by atoms with van der Waals surface area (Å²) in [4.78, 5) is 24.2. The van der Waals surface area contributed by atoms with E-state index >= 15 is 0 Å². The van der Waals surface area contributed by atoms with Gasteiger partial charge in [-0.2, -0.15) is 0 Å². The molecule has 0 saturated heterocycles. The average Bonchev–Trinajstić information content (AvgIpc) is 2.34. The number of nitrogens with zero attached hydrogens (tertiary/aromatic N) is 1. The van der Waals surface area contributed by atoms with Gasteiger partial charge in [0.1, 0.15) is 12.1 Å². The van der Waals surface area contributed by atoms with E-state index in [-0.39, 0.29) is 24.1 Å². The number of carbonyl (C=O) groups excluding carboxylic acids is 2. The number of halogens is 1. The minimum absolute atomic E-state index is 0.0595. The molecule has 0 aliphatic carbocycles. The van der Waals surface area contributed by atoms with Crippen molar-refractivity contribution in [1.29, 1.82) is 0 Å². The maximum atomic E-state index is 13.4. The number of amides is 1. The van der Waals surface area contributed by atoms with Gasteiger partial charge in [-0.05, 0) is 39.0 Å². The van der Waals surface area contributed by atoms with Gasteiger partial charge < -0.3 is 10.2 Å². The summed E-state index contributed by atoms with van der Waals surface area (Å²) in [5.41, 5.74) is 0.793. The van der Waals surface area contributed by atoms with Crippen molar-refractivity contribution in [3.63, 3.8) is 0 Å². The SMILES string of the molecule is CCN(CC(=O)NC(C)C)c1cc(F)cc(C=O)c1. The van der Waals surface area contributed by atoms with Crippen LogP contribution in [0.15, 0.2) is 18.2 Å². The molecule has 0 unspecified atom stereocenters. The lowest BCUT2D eigenvalue weighted by Crippen LogP contribution is -2.40. The monoisotopic (exact) mass is 266 g/mol. The summed E-state index contributed by atoms with van der Waals surface area (Å²) in [5, 5.41) is 2.78. The number of benzene rings is 1. The van der Waals surface area contributed by atoms with Crippen LogP contribution < -0.4 is 10.2 Å². The zero-order valence-electron chi connectivity index (χ0n) is 11.4. The third kappa shape index (κ3) is 4.69. The minimum atomic E-state index is -0.484. The van der Waals surface area contributed by atoms with Gasteiger partial charge in [0.05, 0.1) is 6.54 Å². The molecule has 0 fully saturated rings. The summed E-state index contributed by atoms with van der Waals surface area (Å²) in [6.07, 6.45) is 0.592. The van der Waals surface area contributed by atoms with Gasteiger partial charge in [0.15, 0.2) is 0 Å². The summed E-state index contributed by atoms with van der Waals surface area (Å²) in [6, 6.07) is 4.11. The third-order valence-corrected chi connectivity index (χ3v) is 2.57. The van der Waals surface area contributed by atoms with Crippen LogP contribution in [0.2, 0.25) is 0 Å². The maximum absolute atomic E-state index is 13.4. The predicted molar refractivity (Wildman–Crippen MR) is 73.0 cm³/mol. The minimum Gasteiger partial charge on any atom is -0.362 e. The Morgan fingerprint density at radius 2 is 2.11 bits per heavy atom. The second kappa shape index (κ2) is 6.87. The highest BCUT2D eigenvalue weighted by atomic mass is 19.1. The van der Waals surface area contributed by atoms with Crippen LogP contribution in [-0.2, 0) is 4.79 Å². The normalized spacial score (nSPS) is 10.4. The van der Waals surface area contributed by atoms with E-state index in [2.05, 4.69) is 5.32 Å². The second-order valence-corrected chi connectivity index (χ2v) is 4.60. The van der Waals surface area contributed by atoms with E-state index in [1.165, 1.54) is 12.1 Å². The van der Waals surface area contributed by atoms with E-state index in [1.807, 2.05) is 20.8 Å². The molecule has 5 heteroatoms. The first kappa shape index (κ1) is 15.1. The van der Waals surface area contributed by atoms with E-state index < -0.39 is 5.82 Å². The summed E-state index contributed by atoms with van der Waals surface area (Å²) >= 11 is 0. The second-order valence-electron chi connectivity index (χ2n) is 4.60. The number of rotatable bonds is 6. The van der Waals surface area contributed by atoms with Crippen molar-refractivity contribution in [2.75, 3.05) is 18.0 Å². The molecule has 1 N–H and O–H groups in total. The Hall–Kier alpha value is -1.91. The molecule has 0 atom stereocenters. The van der Waals surface area contributed by atoms with Gasteiger partial charge in [0.25, 0.3) is 0 Å². The third-order valence-electron chi connectivity index (χ3n) is 2.57. The molecule has 0 aromatic heterocycles. The van der Waals surface area contributed by atoms with Crippen LogP contribution in [0.5, 0.6) is 0 Å². The van der Waals surface area contributed by atoms with E-state index in [9.17, 15) is 14.0 Å². The topological polar surface area (TPSA) is 49.4 Å². The largest absolute Gasteiger partial charge is 0.362 e. The number of likely N-dealkylation sites (N-methyl/N-ethyl adjacent to an activating group) is 1. The summed E-state index contributed by atoms with van der Waals surface area (Å²) in [5.74, 6) is -0.615. The molecule has 1 aromatic carbocycles. The first-order chi connectivity index (χ1) is 8.96. The summed E-state index contributed by atoms with van der Waals surface area (Å²) < 4.78 is 13.4. The van der Waals surface area contributed by atoms with Gasteiger partial charge in [-0.15, -0.1) is 0 Å². The van der Waals surface area contributed by atoms with Crippen molar-refractivity contribution in [1.82, 2.24) is 5.32 Å². The maximum Gasteiger partial charge on any atom is 0.239 e. The lowest BCUT2D eigenvalue weighted by Gasteiger charge is -2.23. The van der Waals surface area contributed by atoms with Gasteiger partial charge >= 0.3 is 0 Å². The van der Waals surface area contributed by atoms with Crippen LogP contribution in [0.25, 0.3) is 0 Å². The Kier molecular flexibility index (Phi) is 5.48. The molecule has 4 nitrogen and oxygen atoms in total. The predicted octanol–water partition coefficient (Wildman–Crippen LogP) is 1.99. The molecule has 0 aliphatic rings. The first-order valence-corrected chi connectivity index (χ1v) is 6.26. The molecule has 1 amide bonds. The molecule has 0 saturated carbocycles.